The number of oxazole rings is 1. The quantitative estimate of drug-likeness (QED) is 0.208. The predicted octanol–water partition coefficient (Wildman–Crippen LogP) is 6.71. The minimum Gasteiger partial charge on any atom is -0.496 e. The third-order valence-corrected chi connectivity index (χ3v) is 7.78. The number of hydrogen-bond donors (Lipinski definition) is 1. The highest BCUT2D eigenvalue weighted by molar-refractivity contribution is 5.95. The van der Waals surface area contributed by atoms with Gasteiger partial charge in [-0.25, -0.2) is 14.8 Å². The van der Waals surface area contributed by atoms with Crippen LogP contribution < -0.4 is 15.0 Å². The number of aromatic nitrogens is 2. The zero-order valence-corrected chi connectivity index (χ0v) is 25.3. The number of methoxy groups -OCH3 is 1. The molecule has 1 aliphatic heterocycles. The van der Waals surface area contributed by atoms with Gasteiger partial charge >= 0.3 is 6.09 Å². The molecule has 226 valence electrons. The standard InChI is InChI=1S/C35H31N5O5/c1-21(2)27-15-22(17-36)16-28-31(27)44-33(39-28)24-11-9-23(10-12-24)32(41)38-19-35(3)20-40(34(42)45-35)30-14-13-25(18-37-30)26-7-5-6-8-29(26)43-4/h5-16,18,21H,19-20H2,1-4H3,(H,38,41). The molecule has 5 aromatic rings. The minimum atomic E-state index is -0.954. The normalized spacial score (nSPS) is 16.1. The molecule has 2 amide bonds. The molecule has 6 rings (SSSR count). The van der Waals surface area contributed by atoms with E-state index in [2.05, 4.69) is 21.4 Å². The Morgan fingerprint density at radius 3 is 2.56 bits per heavy atom. The maximum Gasteiger partial charge on any atom is 0.416 e. The van der Waals surface area contributed by atoms with E-state index in [0.29, 0.717) is 39.5 Å². The highest BCUT2D eigenvalue weighted by Crippen LogP contribution is 2.33. The molecule has 10 heteroatoms. The molecule has 1 aliphatic rings. The third kappa shape index (κ3) is 5.80. The summed E-state index contributed by atoms with van der Waals surface area (Å²) in [4.78, 5) is 36.4. The summed E-state index contributed by atoms with van der Waals surface area (Å²) in [5, 5.41) is 12.3. The van der Waals surface area contributed by atoms with Gasteiger partial charge in [-0.1, -0.05) is 32.0 Å². The summed E-state index contributed by atoms with van der Waals surface area (Å²) >= 11 is 0. The first kappa shape index (κ1) is 29.4. The van der Waals surface area contributed by atoms with Crippen LogP contribution in [0.5, 0.6) is 5.75 Å². The SMILES string of the molecule is COc1ccccc1-c1ccc(N2CC(C)(CNC(=O)c3ccc(-c4nc5cc(C#N)cc(C(C)C)c5o4)cc3)OC2=O)nc1. The van der Waals surface area contributed by atoms with Gasteiger partial charge in [0, 0.05) is 34.0 Å². The highest BCUT2D eigenvalue weighted by Gasteiger charge is 2.43. The monoisotopic (exact) mass is 601 g/mol. The van der Waals surface area contributed by atoms with Crippen LogP contribution >= 0.6 is 0 Å². The molecular weight excluding hydrogens is 570 g/mol. The molecule has 0 saturated carbocycles. The fraction of sp³-hybridized carbons (Fsp3) is 0.229. The van der Waals surface area contributed by atoms with Gasteiger partial charge < -0.3 is 19.2 Å². The molecule has 3 aromatic carbocycles. The van der Waals surface area contributed by atoms with Crippen molar-refractivity contribution in [3.05, 3.63) is 95.7 Å². The minimum absolute atomic E-state index is 0.111. The zero-order valence-electron chi connectivity index (χ0n) is 25.3. The number of nitriles is 1. The van der Waals surface area contributed by atoms with Crippen molar-refractivity contribution in [2.24, 2.45) is 0 Å². The van der Waals surface area contributed by atoms with Gasteiger partial charge in [0.25, 0.3) is 5.91 Å². The number of para-hydroxylation sites is 1. The third-order valence-electron chi connectivity index (χ3n) is 7.78. The van der Waals surface area contributed by atoms with Crippen molar-refractivity contribution in [1.29, 1.82) is 5.26 Å². The first-order valence-electron chi connectivity index (χ1n) is 14.5. The van der Waals surface area contributed by atoms with Crippen molar-refractivity contribution >= 4 is 28.9 Å². The Bertz CT molecular complexity index is 1940. The molecule has 0 bridgehead atoms. The van der Waals surface area contributed by atoms with Gasteiger partial charge in [0.15, 0.2) is 5.58 Å². The molecule has 1 N–H and O–H groups in total. The van der Waals surface area contributed by atoms with Crippen LogP contribution in [0.1, 0.15) is 48.2 Å². The Labute approximate surface area is 260 Å². The molecular formula is C35H31N5O5. The van der Waals surface area contributed by atoms with Crippen molar-refractivity contribution in [3.8, 4) is 34.4 Å². The first-order chi connectivity index (χ1) is 21.7. The molecule has 1 saturated heterocycles. The summed E-state index contributed by atoms with van der Waals surface area (Å²) in [5.41, 5.74) is 4.64. The van der Waals surface area contributed by atoms with Crippen molar-refractivity contribution < 1.29 is 23.5 Å². The van der Waals surface area contributed by atoms with E-state index >= 15 is 0 Å². The molecule has 1 fully saturated rings. The summed E-state index contributed by atoms with van der Waals surface area (Å²) in [6.45, 7) is 6.17. The van der Waals surface area contributed by atoms with Crippen molar-refractivity contribution in [1.82, 2.24) is 15.3 Å². The number of rotatable bonds is 8. The maximum absolute atomic E-state index is 13.0. The lowest BCUT2D eigenvalue weighted by atomic mass is 10.00. The van der Waals surface area contributed by atoms with Crippen LogP contribution in [-0.4, -0.2) is 47.8 Å². The van der Waals surface area contributed by atoms with Gasteiger partial charge in [-0.05, 0) is 67.4 Å². The summed E-state index contributed by atoms with van der Waals surface area (Å²) in [6.07, 6.45) is 1.16. The van der Waals surface area contributed by atoms with Gasteiger partial charge in [0.05, 0.1) is 31.8 Å². The molecule has 0 spiro atoms. The average molecular weight is 602 g/mol. The number of ether oxygens (including phenoxy) is 2. The number of carbonyl (C=O) groups is 2. The highest BCUT2D eigenvalue weighted by atomic mass is 16.6. The first-order valence-corrected chi connectivity index (χ1v) is 14.5. The smallest absolute Gasteiger partial charge is 0.416 e. The van der Waals surface area contributed by atoms with E-state index in [1.807, 2.05) is 50.2 Å². The van der Waals surface area contributed by atoms with E-state index in [1.54, 1.807) is 56.6 Å². The fourth-order valence-electron chi connectivity index (χ4n) is 5.36. The van der Waals surface area contributed by atoms with E-state index in [9.17, 15) is 14.9 Å². The number of nitrogens with zero attached hydrogens (tertiary/aromatic N) is 4. The topological polar surface area (TPSA) is 131 Å². The van der Waals surface area contributed by atoms with E-state index < -0.39 is 11.7 Å². The molecule has 1 atom stereocenters. The number of fused-ring (bicyclic) bond motifs is 1. The Morgan fingerprint density at radius 2 is 1.87 bits per heavy atom. The second kappa shape index (κ2) is 11.8. The number of hydrogen-bond acceptors (Lipinski definition) is 8. The van der Waals surface area contributed by atoms with Crippen molar-refractivity contribution in [2.75, 3.05) is 25.1 Å². The summed E-state index contributed by atoms with van der Waals surface area (Å²) in [5.74, 6) is 1.43. The Kier molecular flexibility index (Phi) is 7.69. The number of anilines is 1. The van der Waals surface area contributed by atoms with E-state index in [-0.39, 0.29) is 24.9 Å². The molecule has 10 nitrogen and oxygen atoms in total. The second-order valence-electron chi connectivity index (χ2n) is 11.5. The van der Waals surface area contributed by atoms with Crippen LogP contribution in [-0.2, 0) is 4.74 Å². The van der Waals surface area contributed by atoms with E-state index in [1.165, 1.54) is 4.90 Å². The van der Waals surface area contributed by atoms with Gasteiger partial charge in [-0.15, -0.1) is 0 Å². The van der Waals surface area contributed by atoms with Gasteiger partial charge in [0.1, 0.15) is 22.7 Å². The number of carbonyl (C=O) groups excluding carboxylic acids is 2. The van der Waals surface area contributed by atoms with Gasteiger partial charge in [-0.2, -0.15) is 5.26 Å². The van der Waals surface area contributed by atoms with Crippen LogP contribution in [0.25, 0.3) is 33.7 Å². The Balaban J connectivity index is 1.11. The van der Waals surface area contributed by atoms with Crippen LogP contribution in [0.15, 0.2) is 83.4 Å². The molecule has 0 aliphatic carbocycles. The van der Waals surface area contributed by atoms with Crippen LogP contribution in [0.4, 0.5) is 10.6 Å². The maximum atomic E-state index is 13.0. The lowest BCUT2D eigenvalue weighted by Crippen LogP contribution is -2.43. The van der Waals surface area contributed by atoms with Crippen molar-refractivity contribution in [2.45, 2.75) is 32.3 Å². The summed E-state index contributed by atoms with van der Waals surface area (Å²) in [7, 11) is 1.62. The zero-order chi connectivity index (χ0) is 31.7. The van der Waals surface area contributed by atoms with Crippen LogP contribution in [0.3, 0.4) is 0 Å². The number of benzene rings is 3. The van der Waals surface area contributed by atoms with E-state index in [4.69, 9.17) is 13.9 Å². The summed E-state index contributed by atoms with van der Waals surface area (Å²) in [6, 6.07) is 23.9. The number of pyridine rings is 1. The average Bonchev–Trinajstić information content (AvgIpc) is 3.63. The molecule has 45 heavy (non-hydrogen) atoms. The second-order valence-corrected chi connectivity index (χ2v) is 11.5. The Hall–Kier alpha value is -5.69. The summed E-state index contributed by atoms with van der Waals surface area (Å²) < 4.78 is 17.2. The predicted molar refractivity (Wildman–Crippen MR) is 169 cm³/mol. The molecule has 2 aromatic heterocycles. The largest absolute Gasteiger partial charge is 0.496 e. The van der Waals surface area contributed by atoms with Crippen LogP contribution in [0.2, 0.25) is 0 Å². The fourth-order valence-corrected chi connectivity index (χ4v) is 5.36. The Morgan fingerprint density at radius 1 is 1.11 bits per heavy atom. The molecule has 3 heterocycles. The number of cyclic esters (lactones) is 1. The van der Waals surface area contributed by atoms with Crippen LogP contribution in [0, 0.1) is 11.3 Å². The van der Waals surface area contributed by atoms with E-state index in [0.717, 1.165) is 22.4 Å². The lowest BCUT2D eigenvalue weighted by Gasteiger charge is -2.22. The number of amides is 2. The number of nitrogens with one attached hydrogen (secondary N) is 1. The lowest BCUT2D eigenvalue weighted by molar-refractivity contribution is 0.0653. The van der Waals surface area contributed by atoms with Gasteiger partial charge in [-0.3, -0.25) is 9.69 Å². The van der Waals surface area contributed by atoms with Crippen molar-refractivity contribution in [3.63, 3.8) is 0 Å². The van der Waals surface area contributed by atoms with Gasteiger partial charge in [0.2, 0.25) is 5.89 Å². The molecule has 0 radical (unpaired) electrons. The molecule has 1 unspecified atom stereocenters.